The Morgan fingerprint density at radius 2 is 1.83 bits per heavy atom. The number of piperidine rings is 1. The molecule has 1 saturated heterocycles. The Labute approximate surface area is 169 Å². The smallest absolute Gasteiger partial charge is 0.304 e. The van der Waals surface area contributed by atoms with Crippen molar-refractivity contribution in [3.8, 4) is 0 Å². The van der Waals surface area contributed by atoms with Crippen LogP contribution >= 0.6 is 0 Å². The van der Waals surface area contributed by atoms with Crippen molar-refractivity contribution < 1.29 is 17.6 Å². The van der Waals surface area contributed by atoms with Crippen molar-refractivity contribution in [3.63, 3.8) is 0 Å². The summed E-state index contributed by atoms with van der Waals surface area (Å²) in [6, 6.07) is 7.96. The highest BCUT2D eigenvalue weighted by atomic mass is 32.2. The zero-order chi connectivity index (χ0) is 21.0. The van der Waals surface area contributed by atoms with E-state index < -0.39 is 21.9 Å². The van der Waals surface area contributed by atoms with Crippen molar-refractivity contribution >= 4 is 27.6 Å². The number of hydrogen-bond donors (Lipinski definition) is 3. The van der Waals surface area contributed by atoms with Crippen LogP contribution in [-0.2, 0) is 10.0 Å². The van der Waals surface area contributed by atoms with Crippen molar-refractivity contribution in [2.45, 2.75) is 25.2 Å². The molecule has 1 fully saturated rings. The molecule has 29 heavy (non-hydrogen) atoms. The van der Waals surface area contributed by atoms with Crippen LogP contribution in [0.25, 0.3) is 0 Å². The number of hydrazine groups is 1. The van der Waals surface area contributed by atoms with Crippen molar-refractivity contribution in [1.82, 2.24) is 14.7 Å². The van der Waals surface area contributed by atoms with Gasteiger partial charge in [0, 0.05) is 19.3 Å². The van der Waals surface area contributed by atoms with Gasteiger partial charge in [-0.1, -0.05) is 26.0 Å². The Balaban J connectivity index is 1.60. The van der Waals surface area contributed by atoms with E-state index in [4.69, 9.17) is 0 Å². The van der Waals surface area contributed by atoms with E-state index in [-0.39, 0.29) is 16.4 Å². The predicted molar refractivity (Wildman–Crippen MR) is 108 cm³/mol. The van der Waals surface area contributed by atoms with Crippen molar-refractivity contribution in [2.75, 3.05) is 23.8 Å². The average molecular weight is 421 g/mol. The molecule has 2 heterocycles. The topological polar surface area (TPSA) is 103 Å². The fourth-order valence-electron chi connectivity index (χ4n) is 3.39. The first-order valence-corrected chi connectivity index (χ1v) is 10.7. The molecule has 2 aromatic rings. The molecule has 2 atom stereocenters. The van der Waals surface area contributed by atoms with Gasteiger partial charge in [0.15, 0.2) is 0 Å². The van der Waals surface area contributed by atoms with Gasteiger partial charge in [-0.3, -0.25) is 10.9 Å². The van der Waals surface area contributed by atoms with Crippen LogP contribution in [0.15, 0.2) is 47.5 Å². The SMILES string of the molecule is C[C@@H]1C[C@@H](C)CN(S(=O)(=O)c2ccc(NNC(=O)Nc3ccccc3F)nc2)C1. The summed E-state index contributed by atoms with van der Waals surface area (Å²) < 4.78 is 40.7. The van der Waals surface area contributed by atoms with E-state index in [1.54, 1.807) is 6.07 Å². The normalized spacial score (nSPS) is 20.1. The van der Waals surface area contributed by atoms with Crippen molar-refractivity contribution in [2.24, 2.45) is 11.8 Å². The molecule has 3 N–H and O–H groups in total. The predicted octanol–water partition coefficient (Wildman–Crippen LogP) is 3.04. The molecule has 0 aliphatic carbocycles. The fourth-order valence-corrected chi connectivity index (χ4v) is 5.02. The minimum Gasteiger partial charge on any atom is -0.304 e. The number of nitrogens with zero attached hydrogens (tertiary/aromatic N) is 2. The third kappa shape index (κ3) is 5.21. The molecule has 1 aromatic heterocycles. The third-order valence-electron chi connectivity index (χ3n) is 4.64. The number of hydrogen-bond acceptors (Lipinski definition) is 5. The number of carbonyl (C=O) groups is 1. The summed E-state index contributed by atoms with van der Waals surface area (Å²) in [6.45, 7) is 5.07. The fraction of sp³-hybridized carbons (Fsp3) is 0.368. The van der Waals surface area contributed by atoms with E-state index in [2.05, 4.69) is 21.2 Å². The number of pyridine rings is 1. The number of halogens is 1. The summed E-state index contributed by atoms with van der Waals surface area (Å²) in [4.78, 5) is 16.0. The third-order valence-corrected chi connectivity index (χ3v) is 6.45. The van der Waals surface area contributed by atoms with E-state index in [1.165, 1.54) is 40.8 Å². The highest BCUT2D eigenvalue weighted by Gasteiger charge is 2.31. The molecule has 0 unspecified atom stereocenters. The molecule has 1 aliphatic heterocycles. The summed E-state index contributed by atoms with van der Waals surface area (Å²) in [7, 11) is -3.62. The Kier molecular flexibility index (Phi) is 6.33. The van der Waals surface area contributed by atoms with Gasteiger partial charge < -0.3 is 5.32 Å². The zero-order valence-electron chi connectivity index (χ0n) is 16.2. The Morgan fingerprint density at radius 3 is 2.45 bits per heavy atom. The summed E-state index contributed by atoms with van der Waals surface area (Å²) in [5, 5.41) is 2.35. The number of nitrogens with one attached hydrogen (secondary N) is 3. The Bertz CT molecular complexity index is 958. The molecule has 0 spiro atoms. The van der Waals surface area contributed by atoms with Crippen LogP contribution in [0, 0.1) is 17.7 Å². The molecule has 156 valence electrons. The minimum absolute atomic E-state index is 0.0335. The molecular formula is C19H24FN5O3S. The van der Waals surface area contributed by atoms with E-state index in [0.29, 0.717) is 24.9 Å². The number of urea groups is 1. The van der Waals surface area contributed by atoms with Gasteiger partial charge in [0.05, 0.1) is 5.69 Å². The molecule has 1 aromatic carbocycles. The van der Waals surface area contributed by atoms with E-state index in [0.717, 1.165) is 6.42 Å². The molecule has 1 aliphatic rings. The summed E-state index contributed by atoms with van der Waals surface area (Å²) in [5.74, 6) is 0.295. The molecule has 0 radical (unpaired) electrons. The molecular weight excluding hydrogens is 397 g/mol. The lowest BCUT2D eigenvalue weighted by Crippen LogP contribution is -2.42. The van der Waals surface area contributed by atoms with Gasteiger partial charge in [0.2, 0.25) is 10.0 Å². The summed E-state index contributed by atoms with van der Waals surface area (Å²) in [6.07, 6.45) is 2.26. The maximum absolute atomic E-state index is 13.5. The highest BCUT2D eigenvalue weighted by molar-refractivity contribution is 7.89. The van der Waals surface area contributed by atoms with Crippen LogP contribution in [-0.4, -0.2) is 36.8 Å². The first-order chi connectivity index (χ1) is 13.8. The van der Waals surface area contributed by atoms with Crippen LogP contribution in [0.2, 0.25) is 0 Å². The van der Waals surface area contributed by atoms with E-state index in [1.807, 2.05) is 13.8 Å². The van der Waals surface area contributed by atoms with Crippen molar-refractivity contribution in [3.05, 3.63) is 48.4 Å². The van der Waals surface area contributed by atoms with Crippen LogP contribution < -0.4 is 16.2 Å². The number of sulfonamides is 1. The van der Waals surface area contributed by atoms with Gasteiger partial charge in [-0.25, -0.2) is 22.6 Å². The minimum atomic E-state index is -3.62. The number of carbonyl (C=O) groups excluding carboxylic acids is 1. The first-order valence-electron chi connectivity index (χ1n) is 9.29. The molecule has 0 bridgehead atoms. The lowest BCUT2D eigenvalue weighted by atomic mass is 9.94. The van der Waals surface area contributed by atoms with Gasteiger partial charge in [-0.2, -0.15) is 4.31 Å². The second kappa shape index (κ2) is 8.75. The molecule has 0 saturated carbocycles. The Morgan fingerprint density at radius 1 is 1.14 bits per heavy atom. The van der Waals surface area contributed by atoms with Gasteiger partial charge >= 0.3 is 6.03 Å². The number of anilines is 2. The average Bonchev–Trinajstić information content (AvgIpc) is 2.68. The zero-order valence-corrected chi connectivity index (χ0v) is 17.0. The molecule has 8 nitrogen and oxygen atoms in total. The van der Waals surface area contributed by atoms with E-state index in [9.17, 15) is 17.6 Å². The van der Waals surface area contributed by atoms with Crippen LogP contribution in [0.1, 0.15) is 20.3 Å². The quantitative estimate of drug-likeness (QED) is 0.644. The lowest BCUT2D eigenvalue weighted by Gasteiger charge is -2.33. The molecule has 10 heteroatoms. The van der Waals surface area contributed by atoms with Gasteiger partial charge in [0.1, 0.15) is 16.5 Å². The second-order valence-corrected chi connectivity index (χ2v) is 9.27. The van der Waals surface area contributed by atoms with Gasteiger partial charge in [-0.05, 0) is 42.5 Å². The lowest BCUT2D eigenvalue weighted by molar-refractivity contribution is 0.222. The van der Waals surface area contributed by atoms with Crippen LogP contribution in [0.5, 0.6) is 0 Å². The number of para-hydroxylation sites is 1. The molecule has 2 amide bonds. The number of aromatic nitrogens is 1. The van der Waals surface area contributed by atoms with E-state index >= 15 is 0 Å². The summed E-state index contributed by atoms with van der Waals surface area (Å²) >= 11 is 0. The monoisotopic (exact) mass is 421 g/mol. The highest BCUT2D eigenvalue weighted by Crippen LogP contribution is 2.26. The largest absolute Gasteiger partial charge is 0.337 e. The van der Waals surface area contributed by atoms with Crippen LogP contribution in [0.3, 0.4) is 0 Å². The standard InChI is InChI=1S/C19H24FN5O3S/c1-13-9-14(2)12-25(11-13)29(27,28)15-7-8-18(21-10-15)23-24-19(26)22-17-6-4-3-5-16(17)20/h3-8,10,13-14H,9,11-12H2,1-2H3,(H,21,23)(H2,22,24,26)/t13-,14-/m1/s1. The number of benzene rings is 1. The summed E-state index contributed by atoms with van der Waals surface area (Å²) in [5.41, 5.74) is 4.90. The van der Waals surface area contributed by atoms with Crippen molar-refractivity contribution in [1.29, 1.82) is 0 Å². The molecule has 3 rings (SSSR count). The number of amides is 2. The number of rotatable bonds is 5. The van der Waals surface area contributed by atoms with Gasteiger partial charge in [-0.15, -0.1) is 0 Å². The second-order valence-electron chi connectivity index (χ2n) is 7.33. The maximum Gasteiger partial charge on any atom is 0.337 e. The first kappa shape index (κ1) is 21.0. The maximum atomic E-state index is 13.5. The van der Waals surface area contributed by atoms with Crippen LogP contribution in [0.4, 0.5) is 20.7 Å². The van der Waals surface area contributed by atoms with Gasteiger partial charge in [0.25, 0.3) is 0 Å². The Hall–Kier alpha value is -2.72.